The molecule has 1 aromatic rings. The standard InChI is InChI=1S/C11H9BrF2N2O/c1-2-6(5-15)11(17)16-10-4-8(13)7(12)3-9(10)14/h3-4,6H,2H2,1H3,(H,16,17). The second kappa shape index (κ2) is 5.73. The van der Waals surface area contributed by atoms with Crippen molar-refractivity contribution in [2.45, 2.75) is 13.3 Å². The van der Waals surface area contributed by atoms with E-state index in [0.29, 0.717) is 6.42 Å². The van der Waals surface area contributed by atoms with Crippen LogP contribution in [0.15, 0.2) is 16.6 Å². The average Bonchev–Trinajstić information content (AvgIpc) is 2.27. The lowest BCUT2D eigenvalue weighted by molar-refractivity contribution is -0.118. The number of rotatable bonds is 3. The van der Waals surface area contributed by atoms with Crippen LogP contribution in [0.5, 0.6) is 0 Å². The van der Waals surface area contributed by atoms with Crippen molar-refractivity contribution in [2.75, 3.05) is 5.32 Å². The molecule has 0 saturated carbocycles. The number of carbonyl (C=O) groups is 1. The lowest BCUT2D eigenvalue weighted by atomic mass is 10.1. The van der Waals surface area contributed by atoms with E-state index in [-0.39, 0.29) is 10.2 Å². The van der Waals surface area contributed by atoms with Gasteiger partial charge in [0.25, 0.3) is 0 Å². The molecular formula is C11H9BrF2N2O. The third-order valence-electron chi connectivity index (χ3n) is 2.15. The van der Waals surface area contributed by atoms with Gasteiger partial charge in [-0.25, -0.2) is 8.78 Å². The summed E-state index contributed by atoms with van der Waals surface area (Å²) in [7, 11) is 0. The van der Waals surface area contributed by atoms with Gasteiger partial charge in [-0.3, -0.25) is 4.79 Å². The zero-order valence-corrected chi connectivity index (χ0v) is 10.5. The molecule has 0 spiro atoms. The zero-order valence-electron chi connectivity index (χ0n) is 8.93. The number of hydrogen-bond acceptors (Lipinski definition) is 2. The van der Waals surface area contributed by atoms with E-state index in [2.05, 4.69) is 21.2 Å². The van der Waals surface area contributed by atoms with Crippen molar-refractivity contribution in [3.05, 3.63) is 28.2 Å². The van der Waals surface area contributed by atoms with Gasteiger partial charge in [-0.1, -0.05) is 6.92 Å². The molecule has 90 valence electrons. The molecule has 0 bridgehead atoms. The van der Waals surface area contributed by atoms with Gasteiger partial charge in [0.15, 0.2) is 0 Å². The molecule has 17 heavy (non-hydrogen) atoms. The van der Waals surface area contributed by atoms with Crippen molar-refractivity contribution in [1.82, 2.24) is 0 Å². The summed E-state index contributed by atoms with van der Waals surface area (Å²) in [6.45, 7) is 1.66. The third-order valence-corrected chi connectivity index (χ3v) is 2.76. The van der Waals surface area contributed by atoms with Crippen LogP contribution in [0.2, 0.25) is 0 Å². The fourth-order valence-electron chi connectivity index (χ4n) is 1.17. The Morgan fingerprint density at radius 2 is 2.18 bits per heavy atom. The van der Waals surface area contributed by atoms with Crippen molar-refractivity contribution in [2.24, 2.45) is 5.92 Å². The van der Waals surface area contributed by atoms with E-state index >= 15 is 0 Å². The topological polar surface area (TPSA) is 52.9 Å². The van der Waals surface area contributed by atoms with Crippen LogP contribution in [0.1, 0.15) is 13.3 Å². The molecule has 0 radical (unpaired) electrons. The molecule has 0 aromatic heterocycles. The molecular weight excluding hydrogens is 294 g/mol. The maximum absolute atomic E-state index is 13.4. The van der Waals surface area contributed by atoms with Crippen LogP contribution in [0.25, 0.3) is 0 Å². The summed E-state index contributed by atoms with van der Waals surface area (Å²) in [5.74, 6) is -2.97. The predicted octanol–water partition coefficient (Wildman–Crippen LogP) is 3.22. The number of nitriles is 1. The molecule has 1 atom stereocenters. The summed E-state index contributed by atoms with van der Waals surface area (Å²) in [6.07, 6.45) is 0.308. The summed E-state index contributed by atoms with van der Waals surface area (Å²) in [6, 6.07) is 3.56. The summed E-state index contributed by atoms with van der Waals surface area (Å²) < 4.78 is 26.5. The fourth-order valence-corrected chi connectivity index (χ4v) is 1.49. The summed E-state index contributed by atoms with van der Waals surface area (Å²) in [5, 5.41) is 10.8. The largest absolute Gasteiger partial charge is 0.322 e. The fraction of sp³-hybridized carbons (Fsp3) is 0.273. The van der Waals surface area contributed by atoms with Gasteiger partial charge in [0.1, 0.15) is 17.6 Å². The van der Waals surface area contributed by atoms with E-state index in [1.807, 2.05) is 0 Å². The van der Waals surface area contributed by atoms with Gasteiger partial charge in [-0.05, 0) is 28.4 Å². The first-order valence-electron chi connectivity index (χ1n) is 4.84. The maximum atomic E-state index is 13.4. The number of nitrogens with one attached hydrogen (secondary N) is 1. The minimum atomic E-state index is -0.874. The Bertz CT molecular complexity index is 485. The number of hydrogen-bond donors (Lipinski definition) is 1. The highest BCUT2D eigenvalue weighted by Crippen LogP contribution is 2.23. The van der Waals surface area contributed by atoms with Crippen molar-refractivity contribution >= 4 is 27.5 Å². The van der Waals surface area contributed by atoms with Crippen LogP contribution in [0, 0.1) is 28.9 Å². The molecule has 0 aliphatic carbocycles. The van der Waals surface area contributed by atoms with Gasteiger partial charge < -0.3 is 5.32 Å². The quantitative estimate of drug-likeness (QED) is 0.872. The van der Waals surface area contributed by atoms with Gasteiger partial charge in [-0.2, -0.15) is 5.26 Å². The normalized spacial score (nSPS) is 11.7. The van der Waals surface area contributed by atoms with E-state index in [0.717, 1.165) is 12.1 Å². The van der Waals surface area contributed by atoms with E-state index < -0.39 is 23.5 Å². The molecule has 1 N–H and O–H groups in total. The molecule has 0 fully saturated rings. The molecule has 1 aromatic carbocycles. The smallest absolute Gasteiger partial charge is 0.241 e. The predicted molar refractivity (Wildman–Crippen MR) is 62.1 cm³/mol. The van der Waals surface area contributed by atoms with Gasteiger partial charge in [-0.15, -0.1) is 0 Å². The summed E-state index contributed by atoms with van der Waals surface area (Å²) >= 11 is 2.82. The number of nitrogens with zero attached hydrogens (tertiary/aromatic N) is 1. The zero-order chi connectivity index (χ0) is 13.0. The van der Waals surface area contributed by atoms with Crippen molar-refractivity contribution < 1.29 is 13.6 Å². The SMILES string of the molecule is CCC(C#N)C(=O)Nc1cc(F)c(Br)cc1F. The van der Waals surface area contributed by atoms with Gasteiger partial charge >= 0.3 is 0 Å². The average molecular weight is 303 g/mol. The minimum Gasteiger partial charge on any atom is -0.322 e. The molecule has 0 aliphatic rings. The summed E-state index contributed by atoms with van der Waals surface area (Å²) in [5.41, 5.74) is -0.274. The van der Waals surface area contributed by atoms with Crippen LogP contribution < -0.4 is 5.32 Å². The highest BCUT2D eigenvalue weighted by molar-refractivity contribution is 9.10. The van der Waals surface area contributed by atoms with Crippen LogP contribution in [-0.4, -0.2) is 5.91 Å². The minimum absolute atomic E-state index is 0.0275. The van der Waals surface area contributed by atoms with E-state index in [1.54, 1.807) is 13.0 Å². The summed E-state index contributed by atoms with van der Waals surface area (Å²) in [4.78, 5) is 11.5. The van der Waals surface area contributed by atoms with Crippen molar-refractivity contribution in [1.29, 1.82) is 5.26 Å². The highest BCUT2D eigenvalue weighted by atomic mass is 79.9. The lowest BCUT2D eigenvalue weighted by Gasteiger charge is -2.09. The van der Waals surface area contributed by atoms with Gasteiger partial charge in [0.05, 0.1) is 16.2 Å². The molecule has 0 heterocycles. The van der Waals surface area contributed by atoms with E-state index in [1.165, 1.54) is 0 Å². The first-order chi connectivity index (χ1) is 7.99. The molecule has 0 aliphatic heterocycles. The molecule has 1 amide bonds. The third kappa shape index (κ3) is 3.24. The first kappa shape index (κ1) is 13.6. The van der Waals surface area contributed by atoms with Crippen LogP contribution >= 0.6 is 15.9 Å². The molecule has 1 unspecified atom stereocenters. The van der Waals surface area contributed by atoms with Gasteiger partial charge in [0, 0.05) is 6.07 Å². The lowest BCUT2D eigenvalue weighted by Crippen LogP contribution is -2.21. The number of benzene rings is 1. The maximum Gasteiger partial charge on any atom is 0.241 e. The van der Waals surface area contributed by atoms with E-state index in [9.17, 15) is 13.6 Å². The Kier molecular flexibility index (Phi) is 4.58. The molecule has 3 nitrogen and oxygen atoms in total. The number of amides is 1. The number of carbonyl (C=O) groups excluding carboxylic acids is 1. The van der Waals surface area contributed by atoms with Crippen LogP contribution in [0.3, 0.4) is 0 Å². The number of halogens is 3. The molecule has 0 saturated heterocycles. The van der Waals surface area contributed by atoms with Crippen LogP contribution in [0.4, 0.5) is 14.5 Å². The second-order valence-electron chi connectivity index (χ2n) is 3.33. The van der Waals surface area contributed by atoms with Crippen LogP contribution in [-0.2, 0) is 4.79 Å². The Morgan fingerprint density at radius 3 is 2.71 bits per heavy atom. The Morgan fingerprint density at radius 1 is 1.53 bits per heavy atom. The monoisotopic (exact) mass is 302 g/mol. The van der Waals surface area contributed by atoms with Crippen molar-refractivity contribution in [3.8, 4) is 6.07 Å². The van der Waals surface area contributed by atoms with Gasteiger partial charge in [0.2, 0.25) is 5.91 Å². The first-order valence-corrected chi connectivity index (χ1v) is 5.64. The molecule has 1 rings (SSSR count). The Balaban J connectivity index is 2.93. The highest BCUT2D eigenvalue weighted by Gasteiger charge is 2.18. The van der Waals surface area contributed by atoms with E-state index in [4.69, 9.17) is 5.26 Å². The Hall–Kier alpha value is -1.48. The Labute approximate surface area is 106 Å². The van der Waals surface area contributed by atoms with Crippen molar-refractivity contribution in [3.63, 3.8) is 0 Å². The molecule has 6 heteroatoms. The second-order valence-corrected chi connectivity index (χ2v) is 4.18. The number of anilines is 1.